The van der Waals surface area contributed by atoms with Crippen LogP contribution in [0.5, 0.6) is 0 Å². The van der Waals surface area contributed by atoms with Crippen LogP contribution in [0.15, 0.2) is 0 Å². The van der Waals surface area contributed by atoms with Crippen molar-refractivity contribution >= 4 is 5.97 Å². The Morgan fingerprint density at radius 3 is 2.36 bits per heavy atom. The van der Waals surface area contributed by atoms with Crippen molar-refractivity contribution in [1.29, 1.82) is 0 Å². The molecule has 0 aliphatic heterocycles. The highest BCUT2D eigenvalue weighted by atomic mass is 16.5. The molecule has 0 aliphatic rings. The molecule has 0 aromatic rings. The van der Waals surface area contributed by atoms with E-state index in [-0.39, 0.29) is 11.9 Å². The van der Waals surface area contributed by atoms with E-state index in [1.54, 1.807) is 20.8 Å². The van der Waals surface area contributed by atoms with Crippen LogP contribution in [-0.2, 0) is 9.53 Å². The van der Waals surface area contributed by atoms with Crippen LogP contribution in [0.3, 0.4) is 0 Å². The normalized spacial score (nSPS) is 14.3. The van der Waals surface area contributed by atoms with E-state index in [2.05, 4.69) is 4.74 Å². The quantitative estimate of drug-likeness (QED) is 0.625. The van der Waals surface area contributed by atoms with Crippen LogP contribution >= 0.6 is 0 Å². The van der Waals surface area contributed by atoms with Gasteiger partial charge in [-0.15, -0.1) is 0 Å². The Morgan fingerprint density at radius 2 is 2.09 bits per heavy atom. The minimum absolute atomic E-state index is 0.236. The topological polar surface area (TPSA) is 46.5 Å². The van der Waals surface area contributed by atoms with Gasteiger partial charge in [-0.05, 0) is 20.3 Å². The first-order valence-electron chi connectivity index (χ1n) is 3.67. The number of methoxy groups -OCH3 is 1. The molecule has 1 unspecified atom stereocenters. The highest BCUT2D eigenvalue weighted by molar-refractivity contribution is 5.71. The van der Waals surface area contributed by atoms with E-state index >= 15 is 0 Å². The molecule has 0 fully saturated rings. The van der Waals surface area contributed by atoms with Gasteiger partial charge in [0.1, 0.15) is 0 Å². The molecule has 0 amide bonds. The van der Waals surface area contributed by atoms with E-state index in [4.69, 9.17) is 0 Å². The molecule has 0 rings (SSSR count). The van der Waals surface area contributed by atoms with E-state index in [9.17, 15) is 9.90 Å². The molecule has 3 heteroatoms. The third kappa shape index (κ3) is 4.79. The molecule has 3 nitrogen and oxygen atoms in total. The fourth-order valence-electron chi connectivity index (χ4n) is 1.03. The van der Waals surface area contributed by atoms with Crippen LogP contribution < -0.4 is 0 Å². The fraction of sp³-hybridized carbons (Fsp3) is 0.875. The Kier molecular flexibility index (Phi) is 3.52. The van der Waals surface area contributed by atoms with E-state index in [1.807, 2.05) is 0 Å². The van der Waals surface area contributed by atoms with Crippen LogP contribution in [0.25, 0.3) is 0 Å². The summed E-state index contributed by atoms with van der Waals surface area (Å²) in [5, 5.41) is 9.32. The Hall–Kier alpha value is -0.570. The Labute approximate surface area is 67.4 Å². The van der Waals surface area contributed by atoms with Gasteiger partial charge in [0.05, 0.1) is 18.6 Å². The number of esters is 1. The lowest BCUT2D eigenvalue weighted by Gasteiger charge is -2.20. The number of aliphatic hydroxyl groups is 1. The molecule has 0 aliphatic carbocycles. The lowest BCUT2D eigenvalue weighted by Crippen LogP contribution is -2.26. The van der Waals surface area contributed by atoms with Crippen molar-refractivity contribution in [3.63, 3.8) is 0 Å². The Morgan fingerprint density at radius 1 is 1.64 bits per heavy atom. The number of rotatable bonds is 3. The van der Waals surface area contributed by atoms with Crippen LogP contribution in [0.4, 0.5) is 0 Å². The maximum Gasteiger partial charge on any atom is 0.308 e. The summed E-state index contributed by atoms with van der Waals surface area (Å²) in [7, 11) is 1.35. The lowest BCUT2D eigenvalue weighted by atomic mass is 9.95. The molecule has 1 atom stereocenters. The van der Waals surface area contributed by atoms with Gasteiger partial charge in [-0.1, -0.05) is 6.92 Å². The van der Waals surface area contributed by atoms with Crippen molar-refractivity contribution in [2.24, 2.45) is 5.92 Å². The van der Waals surface area contributed by atoms with Gasteiger partial charge in [0.25, 0.3) is 0 Å². The standard InChI is InChI=1S/C8H16O3/c1-6(7(9)11-4)5-8(2,3)10/h6,10H,5H2,1-4H3. The predicted octanol–water partition coefficient (Wildman–Crippen LogP) is 0.956. The number of carbonyl (C=O) groups excluding carboxylic acids is 1. The molecule has 66 valence electrons. The van der Waals surface area contributed by atoms with Crippen molar-refractivity contribution < 1.29 is 14.6 Å². The molecule has 0 saturated heterocycles. The summed E-state index contributed by atoms with van der Waals surface area (Å²) in [6.45, 7) is 5.09. The van der Waals surface area contributed by atoms with Gasteiger partial charge in [-0.25, -0.2) is 0 Å². The van der Waals surface area contributed by atoms with Crippen LogP contribution in [-0.4, -0.2) is 23.8 Å². The van der Waals surface area contributed by atoms with Gasteiger partial charge in [-0.3, -0.25) is 4.79 Å². The van der Waals surface area contributed by atoms with Crippen LogP contribution in [0.2, 0.25) is 0 Å². The zero-order valence-electron chi connectivity index (χ0n) is 7.55. The summed E-state index contributed by atoms with van der Waals surface area (Å²) in [6, 6.07) is 0. The SMILES string of the molecule is COC(=O)C(C)CC(C)(C)O. The molecule has 0 aromatic carbocycles. The van der Waals surface area contributed by atoms with Crippen molar-refractivity contribution in [1.82, 2.24) is 0 Å². The predicted molar refractivity (Wildman–Crippen MR) is 42.1 cm³/mol. The Balaban J connectivity index is 3.87. The van der Waals surface area contributed by atoms with Gasteiger partial charge in [-0.2, -0.15) is 0 Å². The molecule has 0 heterocycles. The molecule has 0 bridgehead atoms. The second kappa shape index (κ2) is 3.72. The molecule has 0 spiro atoms. The molecule has 1 N–H and O–H groups in total. The average Bonchev–Trinajstić information content (AvgIpc) is 1.82. The van der Waals surface area contributed by atoms with Gasteiger partial charge < -0.3 is 9.84 Å². The second-order valence-electron chi connectivity index (χ2n) is 3.44. The van der Waals surface area contributed by atoms with Crippen molar-refractivity contribution in [2.45, 2.75) is 32.8 Å². The maximum atomic E-state index is 10.9. The number of hydrogen-bond donors (Lipinski definition) is 1. The summed E-state index contributed by atoms with van der Waals surface area (Å²) >= 11 is 0. The summed E-state index contributed by atoms with van der Waals surface area (Å²) < 4.78 is 4.51. The summed E-state index contributed by atoms with van der Waals surface area (Å²) in [5.41, 5.74) is -0.798. The maximum absolute atomic E-state index is 10.9. The zero-order chi connectivity index (χ0) is 9.07. The first kappa shape index (κ1) is 10.4. The molecule has 0 aromatic heterocycles. The second-order valence-corrected chi connectivity index (χ2v) is 3.44. The highest BCUT2D eigenvalue weighted by Crippen LogP contribution is 2.16. The van der Waals surface area contributed by atoms with E-state index in [0.29, 0.717) is 6.42 Å². The van der Waals surface area contributed by atoms with Gasteiger partial charge in [0, 0.05) is 0 Å². The van der Waals surface area contributed by atoms with Crippen molar-refractivity contribution in [3.8, 4) is 0 Å². The van der Waals surface area contributed by atoms with E-state index < -0.39 is 5.60 Å². The summed E-state index contributed by atoms with van der Waals surface area (Å²) in [5.74, 6) is -0.507. The van der Waals surface area contributed by atoms with E-state index in [1.165, 1.54) is 7.11 Å². The monoisotopic (exact) mass is 160 g/mol. The largest absolute Gasteiger partial charge is 0.469 e. The number of ether oxygens (including phenoxy) is 1. The zero-order valence-corrected chi connectivity index (χ0v) is 7.55. The van der Waals surface area contributed by atoms with Crippen molar-refractivity contribution in [2.75, 3.05) is 7.11 Å². The number of hydrogen-bond acceptors (Lipinski definition) is 3. The minimum Gasteiger partial charge on any atom is -0.469 e. The summed E-state index contributed by atoms with van der Waals surface area (Å²) in [6.07, 6.45) is 0.430. The fourth-order valence-corrected chi connectivity index (χ4v) is 1.03. The Bertz CT molecular complexity index is 135. The molecule has 0 saturated carbocycles. The highest BCUT2D eigenvalue weighted by Gasteiger charge is 2.22. The average molecular weight is 160 g/mol. The van der Waals surface area contributed by atoms with Crippen LogP contribution in [0, 0.1) is 5.92 Å². The third-order valence-electron chi connectivity index (χ3n) is 1.41. The van der Waals surface area contributed by atoms with Crippen molar-refractivity contribution in [3.05, 3.63) is 0 Å². The molecular weight excluding hydrogens is 144 g/mol. The molecule has 11 heavy (non-hydrogen) atoms. The third-order valence-corrected chi connectivity index (χ3v) is 1.41. The molecular formula is C8H16O3. The van der Waals surface area contributed by atoms with Gasteiger partial charge in [0.15, 0.2) is 0 Å². The van der Waals surface area contributed by atoms with Gasteiger partial charge >= 0.3 is 5.97 Å². The lowest BCUT2D eigenvalue weighted by molar-refractivity contribution is -0.146. The first-order valence-corrected chi connectivity index (χ1v) is 3.67. The van der Waals surface area contributed by atoms with Crippen LogP contribution in [0.1, 0.15) is 27.2 Å². The molecule has 0 radical (unpaired) electrons. The van der Waals surface area contributed by atoms with Gasteiger partial charge in [0.2, 0.25) is 0 Å². The smallest absolute Gasteiger partial charge is 0.308 e. The number of carbonyl (C=O) groups is 1. The minimum atomic E-state index is -0.798. The van der Waals surface area contributed by atoms with E-state index in [0.717, 1.165) is 0 Å². The first-order chi connectivity index (χ1) is 4.87. The summed E-state index contributed by atoms with van der Waals surface area (Å²) in [4.78, 5) is 10.9.